The minimum Gasteiger partial charge on any atom is -0.349 e. The van der Waals surface area contributed by atoms with Crippen molar-refractivity contribution in [3.8, 4) is 0 Å². The maximum atomic E-state index is 11.9. The molecule has 0 aliphatic carbocycles. The molecule has 0 saturated carbocycles. The van der Waals surface area contributed by atoms with Gasteiger partial charge in [-0.2, -0.15) is 0 Å². The van der Waals surface area contributed by atoms with Crippen molar-refractivity contribution >= 4 is 21.8 Å². The fourth-order valence-electron chi connectivity index (χ4n) is 1.88. The quantitative estimate of drug-likeness (QED) is 0.895. The highest BCUT2D eigenvalue weighted by Gasteiger charge is 2.26. The molecular weight excluding hydrogens is 280 g/mol. The van der Waals surface area contributed by atoms with Gasteiger partial charge in [-0.3, -0.25) is 4.79 Å². The Morgan fingerprint density at radius 1 is 1.47 bits per heavy atom. The zero-order valence-corrected chi connectivity index (χ0v) is 11.5. The molecule has 1 aromatic rings. The first-order valence-corrected chi connectivity index (χ1v) is 6.76. The van der Waals surface area contributed by atoms with Gasteiger partial charge < -0.3 is 10.6 Å². The van der Waals surface area contributed by atoms with Gasteiger partial charge in [-0.25, -0.2) is 0 Å². The summed E-state index contributed by atoms with van der Waals surface area (Å²) in [5.74, 6) is 0.318. The Labute approximate surface area is 110 Å². The highest BCUT2D eigenvalue weighted by atomic mass is 79.9. The highest BCUT2D eigenvalue weighted by Crippen LogP contribution is 2.20. The van der Waals surface area contributed by atoms with E-state index in [-0.39, 0.29) is 17.9 Å². The Hall–Kier alpha value is -0.870. The molecule has 0 aromatic heterocycles. The number of amides is 1. The molecule has 2 rings (SSSR count). The zero-order valence-electron chi connectivity index (χ0n) is 9.87. The molecule has 1 amide bonds. The Balaban J connectivity index is 2.00. The second kappa shape index (κ2) is 5.65. The lowest BCUT2D eigenvalue weighted by atomic mass is 9.99. The van der Waals surface area contributed by atoms with Gasteiger partial charge in [0.15, 0.2) is 0 Å². The van der Waals surface area contributed by atoms with E-state index in [2.05, 4.69) is 45.6 Å². The molecule has 4 heteroatoms. The standard InChI is InChI=1S/C13H17BrN2O/c1-2-12(9-3-5-11(14)6-4-9)16-13(17)10-7-15-8-10/h3-6,10,12,15H,2,7-8H2,1H3,(H,16,17). The Kier molecular flexibility index (Phi) is 4.18. The summed E-state index contributed by atoms with van der Waals surface area (Å²) < 4.78 is 1.06. The van der Waals surface area contributed by atoms with Crippen molar-refractivity contribution in [3.63, 3.8) is 0 Å². The van der Waals surface area contributed by atoms with Crippen LogP contribution in [-0.4, -0.2) is 19.0 Å². The summed E-state index contributed by atoms with van der Waals surface area (Å²) in [6, 6.07) is 8.25. The van der Waals surface area contributed by atoms with Gasteiger partial charge in [-0.15, -0.1) is 0 Å². The van der Waals surface area contributed by atoms with Crippen LogP contribution in [0.4, 0.5) is 0 Å². The lowest BCUT2D eigenvalue weighted by Crippen LogP contribution is -2.51. The van der Waals surface area contributed by atoms with Crippen molar-refractivity contribution in [2.45, 2.75) is 19.4 Å². The normalized spacial score (nSPS) is 17.3. The predicted molar refractivity (Wildman–Crippen MR) is 71.7 cm³/mol. The third kappa shape index (κ3) is 3.07. The van der Waals surface area contributed by atoms with Crippen molar-refractivity contribution in [2.24, 2.45) is 5.92 Å². The number of carbonyl (C=O) groups is 1. The summed E-state index contributed by atoms with van der Waals surface area (Å²) >= 11 is 3.42. The van der Waals surface area contributed by atoms with E-state index in [0.717, 1.165) is 29.5 Å². The molecular formula is C13H17BrN2O. The van der Waals surface area contributed by atoms with E-state index in [1.807, 2.05) is 12.1 Å². The molecule has 1 heterocycles. The Bertz CT molecular complexity index is 387. The summed E-state index contributed by atoms with van der Waals surface area (Å²) in [5.41, 5.74) is 1.16. The van der Waals surface area contributed by atoms with Crippen molar-refractivity contribution in [1.82, 2.24) is 10.6 Å². The van der Waals surface area contributed by atoms with Gasteiger partial charge in [-0.1, -0.05) is 35.0 Å². The van der Waals surface area contributed by atoms with Crippen LogP contribution in [0, 0.1) is 5.92 Å². The molecule has 1 aliphatic rings. The second-order valence-corrected chi connectivity index (χ2v) is 5.29. The lowest BCUT2D eigenvalue weighted by molar-refractivity contribution is -0.127. The fraction of sp³-hybridized carbons (Fsp3) is 0.462. The van der Waals surface area contributed by atoms with Crippen LogP contribution in [0.25, 0.3) is 0 Å². The third-order valence-electron chi connectivity index (χ3n) is 3.15. The monoisotopic (exact) mass is 296 g/mol. The number of nitrogens with one attached hydrogen (secondary N) is 2. The first-order valence-electron chi connectivity index (χ1n) is 5.97. The molecule has 92 valence electrons. The number of halogens is 1. The maximum Gasteiger partial charge on any atom is 0.226 e. The summed E-state index contributed by atoms with van der Waals surface area (Å²) in [6.07, 6.45) is 0.910. The van der Waals surface area contributed by atoms with Crippen molar-refractivity contribution < 1.29 is 4.79 Å². The molecule has 17 heavy (non-hydrogen) atoms. The molecule has 0 bridgehead atoms. The number of hydrogen-bond donors (Lipinski definition) is 2. The molecule has 1 atom stereocenters. The van der Waals surface area contributed by atoms with Gasteiger partial charge in [0.2, 0.25) is 5.91 Å². The van der Waals surface area contributed by atoms with Gasteiger partial charge in [0.25, 0.3) is 0 Å². The molecule has 0 spiro atoms. The predicted octanol–water partition coefficient (Wildman–Crippen LogP) is 2.24. The minimum absolute atomic E-state index is 0.121. The van der Waals surface area contributed by atoms with Crippen LogP contribution in [0.3, 0.4) is 0 Å². The van der Waals surface area contributed by atoms with Crippen molar-refractivity contribution in [1.29, 1.82) is 0 Å². The van der Waals surface area contributed by atoms with Crippen LogP contribution in [0.15, 0.2) is 28.7 Å². The number of benzene rings is 1. The maximum absolute atomic E-state index is 11.9. The molecule has 0 radical (unpaired) electrons. The van der Waals surface area contributed by atoms with Gasteiger partial charge >= 0.3 is 0 Å². The number of rotatable bonds is 4. The molecule has 1 unspecified atom stereocenters. The van der Waals surface area contributed by atoms with Crippen LogP contribution >= 0.6 is 15.9 Å². The summed E-state index contributed by atoms with van der Waals surface area (Å²) in [4.78, 5) is 11.9. The van der Waals surface area contributed by atoms with Gasteiger partial charge in [-0.05, 0) is 24.1 Å². The molecule has 2 N–H and O–H groups in total. The fourth-order valence-corrected chi connectivity index (χ4v) is 2.14. The smallest absolute Gasteiger partial charge is 0.226 e. The summed E-state index contributed by atoms with van der Waals surface area (Å²) in [7, 11) is 0. The first-order chi connectivity index (χ1) is 8.20. The average molecular weight is 297 g/mol. The van der Waals surface area contributed by atoms with E-state index < -0.39 is 0 Å². The largest absolute Gasteiger partial charge is 0.349 e. The van der Waals surface area contributed by atoms with E-state index in [4.69, 9.17) is 0 Å². The van der Waals surface area contributed by atoms with Crippen LogP contribution < -0.4 is 10.6 Å². The van der Waals surface area contributed by atoms with E-state index >= 15 is 0 Å². The van der Waals surface area contributed by atoms with Crippen molar-refractivity contribution in [2.75, 3.05) is 13.1 Å². The molecule has 1 saturated heterocycles. The van der Waals surface area contributed by atoms with Gasteiger partial charge in [0.1, 0.15) is 0 Å². The van der Waals surface area contributed by atoms with Crippen LogP contribution in [0.1, 0.15) is 24.9 Å². The highest BCUT2D eigenvalue weighted by molar-refractivity contribution is 9.10. The van der Waals surface area contributed by atoms with Gasteiger partial charge in [0.05, 0.1) is 12.0 Å². The topological polar surface area (TPSA) is 41.1 Å². The third-order valence-corrected chi connectivity index (χ3v) is 3.68. The lowest BCUT2D eigenvalue weighted by Gasteiger charge is -2.28. The molecule has 1 fully saturated rings. The Morgan fingerprint density at radius 2 is 2.12 bits per heavy atom. The van der Waals surface area contributed by atoms with Crippen molar-refractivity contribution in [3.05, 3.63) is 34.3 Å². The van der Waals surface area contributed by atoms with E-state index in [1.54, 1.807) is 0 Å². The van der Waals surface area contributed by atoms with E-state index in [0.29, 0.717) is 0 Å². The van der Waals surface area contributed by atoms with Crippen LogP contribution in [0.5, 0.6) is 0 Å². The van der Waals surface area contributed by atoms with E-state index in [1.165, 1.54) is 0 Å². The van der Waals surface area contributed by atoms with Crippen LogP contribution in [-0.2, 0) is 4.79 Å². The molecule has 1 aromatic carbocycles. The number of carbonyl (C=O) groups excluding carboxylic acids is 1. The van der Waals surface area contributed by atoms with E-state index in [9.17, 15) is 4.79 Å². The molecule has 1 aliphatic heterocycles. The second-order valence-electron chi connectivity index (χ2n) is 4.38. The van der Waals surface area contributed by atoms with Gasteiger partial charge in [0, 0.05) is 17.6 Å². The Morgan fingerprint density at radius 3 is 2.59 bits per heavy atom. The molecule has 3 nitrogen and oxygen atoms in total. The zero-order chi connectivity index (χ0) is 12.3. The summed E-state index contributed by atoms with van der Waals surface area (Å²) in [6.45, 7) is 3.71. The summed E-state index contributed by atoms with van der Waals surface area (Å²) in [5, 5.41) is 6.22. The average Bonchev–Trinajstić information content (AvgIpc) is 2.25. The SMILES string of the molecule is CCC(NC(=O)C1CNC1)c1ccc(Br)cc1. The van der Waals surface area contributed by atoms with Crippen LogP contribution in [0.2, 0.25) is 0 Å². The first kappa shape index (κ1) is 12.6. The minimum atomic E-state index is 0.121. The number of hydrogen-bond acceptors (Lipinski definition) is 2.